The normalized spacial score (nSPS) is 11.6. The van der Waals surface area contributed by atoms with E-state index in [0.29, 0.717) is 12.2 Å². The maximum atomic E-state index is 11.4. The Kier molecular flexibility index (Phi) is 8.21. The second kappa shape index (κ2) is 8.86. The Morgan fingerprint density at radius 1 is 1.35 bits per heavy atom. The van der Waals surface area contributed by atoms with Gasteiger partial charge >= 0.3 is 5.97 Å². The molecule has 0 unspecified atom stereocenters. The van der Waals surface area contributed by atoms with Gasteiger partial charge in [-0.2, -0.15) is 11.8 Å². The third kappa shape index (κ3) is 8.56. The Labute approximate surface area is 105 Å². The lowest BCUT2D eigenvalue weighted by molar-refractivity contribution is -0.141. The molecule has 0 aliphatic rings. The van der Waals surface area contributed by atoms with E-state index >= 15 is 0 Å². The first kappa shape index (κ1) is 15.8. The topological polar surface area (TPSA) is 95.5 Å². The van der Waals surface area contributed by atoms with E-state index in [0.717, 1.165) is 0 Å². The summed E-state index contributed by atoms with van der Waals surface area (Å²) in [6, 6.07) is -0.854. The standard InChI is InChI=1S/C10H18N2O4S/c1-7(13)11-5-3-9(14)12-8(10(15)16)4-6-17-2/h8H,3-6H2,1-2H3,(H,11,13)(H,12,14)(H,15,16)/t8-/m1/s1. The van der Waals surface area contributed by atoms with Crippen LogP contribution in [0.2, 0.25) is 0 Å². The molecule has 0 fully saturated rings. The van der Waals surface area contributed by atoms with Crippen molar-refractivity contribution in [3.63, 3.8) is 0 Å². The number of carbonyl (C=O) groups excluding carboxylic acids is 2. The van der Waals surface area contributed by atoms with E-state index in [1.165, 1.54) is 18.7 Å². The predicted molar refractivity (Wildman–Crippen MR) is 65.9 cm³/mol. The van der Waals surface area contributed by atoms with Crippen LogP contribution < -0.4 is 10.6 Å². The molecule has 0 aliphatic heterocycles. The van der Waals surface area contributed by atoms with Crippen molar-refractivity contribution in [2.75, 3.05) is 18.6 Å². The van der Waals surface area contributed by atoms with Crippen molar-refractivity contribution in [3.05, 3.63) is 0 Å². The largest absolute Gasteiger partial charge is 0.480 e. The number of hydrogen-bond donors (Lipinski definition) is 3. The average molecular weight is 262 g/mol. The van der Waals surface area contributed by atoms with Crippen molar-refractivity contribution in [1.29, 1.82) is 0 Å². The number of nitrogens with one attached hydrogen (secondary N) is 2. The van der Waals surface area contributed by atoms with Crippen LogP contribution in [0.1, 0.15) is 19.8 Å². The molecule has 98 valence electrons. The summed E-state index contributed by atoms with van der Waals surface area (Å²) >= 11 is 1.52. The van der Waals surface area contributed by atoms with Gasteiger partial charge in [-0.05, 0) is 18.4 Å². The molecule has 7 heteroatoms. The predicted octanol–water partition coefficient (Wildman–Crippen LogP) is -0.165. The third-order valence-electron chi connectivity index (χ3n) is 1.97. The summed E-state index contributed by atoms with van der Waals surface area (Å²) in [5, 5.41) is 13.8. The number of carboxylic acid groups (broad SMARTS) is 1. The molecule has 0 bridgehead atoms. The van der Waals surface area contributed by atoms with Crippen molar-refractivity contribution in [2.45, 2.75) is 25.8 Å². The van der Waals surface area contributed by atoms with Crippen molar-refractivity contribution in [3.8, 4) is 0 Å². The van der Waals surface area contributed by atoms with Gasteiger partial charge in [-0.25, -0.2) is 4.79 Å². The van der Waals surface area contributed by atoms with E-state index in [1.807, 2.05) is 6.26 Å². The van der Waals surface area contributed by atoms with E-state index < -0.39 is 12.0 Å². The Bertz CT molecular complexity index is 283. The van der Waals surface area contributed by atoms with Crippen LogP contribution >= 0.6 is 11.8 Å². The van der Waals surface area contributed by atoms with Gasteiger partial charge in [-0.15, -0.1) is 0 Å². The molecule has 0 aromatic rings. The molecule has 0 radical (unpaired) electrons. The summed E-state index contributed by atoms with van der Waals surface area (Å²) in [4.78, 5) is 32.8. The van der Waals surface area contributed by atoms with E-state index in [4.69, 9.17) is 5.11 Å². The van der Waals surface area contributed by atoms with Crippen LogP contribution in [-0.4, -0.2) is 47.5 Å². The minimum atomic E-state index is -1.04. The van der Waals surface area contributed by atoms with Crippen molar-refractivity contribution in [1.82, 2.24) is 10.6 Å². The Morgan fingerprint density at radius 2 is 2.00 bits per heavy atom. The molecule has 0 rings (SSSR count). The third-order valence-corrected chi connectivity index (χ3v) is 2.61. The Hall–Kier alpha value is -1.24. The van der Waals surface area contributed by atoms with Crippen molar-refractivity contribution >= 4 is 29.5 Å². The highest BCUT2D eigenvalue weighted by molar-refractivity contribution is 7.98. The average Bonchev–Trinajstić information content (AvgIpc) is 2.23. The molecule has 0 saturated carbocycles. The zero-order chi connectivity index (χ0) is 13.3. The number of carbonyl (C=O) groups is 3. The number of rotatable bonds is 8. The SMILES string of the molecule is CSCC[C@@H](NC(=O)CCNC(C)=O)C(=O)O. The zero-order valence-electron chi connectivity index (χ0n) is 9.99. The molecule has 3 N–H and O–H groups in total. The van der Waals surface area contributed by atoms with Gasteiger partial charge < -0.3 is 15.7 Å². The molecule has 0 aliphatic carbocycles. The second-order valence-corrected chi connectivity index (χ2v) is 4.46. The second-order valence-electron chi connectivity index (χ2n) is 3.47. The fourth-order valence-corrected chi connectivity index (χ4v) is 1.58. The first-order valence-corrected chi connectivity index (χ1v) is 6.62. The molecule has 0 spiro atoms. The highest BCUT2D eigenvalue weighted by Crippen LogP contribution is 2.01. The highest BCUT2D eigenvalue weighted by Gasteiger charge is 2.18. The molecule has 2 amide bonds. The zero-order valence-corrected chi connectivity index (χ0v) is 10.8. The van der Waals surface area contributed by atoms with Crippen LogP contribution in [0.3, 0.4) is 0 Å². The summed E-state index contributed by atoms with van der Waals surface area (Å²) in [7, 11) is 0. The van der Waals surface area contributed by atoms with Gasteiger partial charge in [-0.3, -0.25) is 9.59 Å². The summed E-state index contributed by atoms with van der Waals surface area (Å²) in [6.07, 6.45) is 2.35. The van der Waals surface area contributed by atoms with E-state index in [1.54, 1.807) is 0 Å². The fraction of sp³-hybridized carbons (Fsp3) is 0.700. The lowest BCUT2D eigenvalue weighted by Crippen LogP contribution is -2.42. The maximum Gasteiger partial charge on any atom is 0.326 e. The smallest absolute Gasteiger partial charge is 0.326 e. The Balaban J connectivity index is 3.95. The minimum absolute atomic E-state index is 0.0859. The van der Waals surface area contributed by atoms with E-state index in [2.05, 4.69) is 10.6 Å². The van der Waals surface area contributed by atoms with Crippen molar-refractivity contribution in [2.24, 2.45) is 0 Å². The molecule has 0 aromatic carbocycles. The lowest BCUT2D eigenvalue weighted by atomic mass is 10.2. The number of aliphatic carboxylic acids is 1. The lowest BCUT2D eigenvalue weighted by Gasteiger charge is -2.13. The minimum Gasteiger partial charge on any atom is -0.480 e. The summed E-state index contributed by atoms with van der Waals surface area (Å²) in [5.41, 5.74) is 0. The number of thioether (sulfide) groups is 1. The van der Waals surface area contributed by atoms with Gasteiger partial charge in [0, 0.05) is 19.9 Å². The van der Waals surface area contributed by atoms with Crippen LogP contribution in [0.15, 0.2) is 0 Å². The van der Waals surface area contributed by atoms with Crippen LogP contribution in [0.5, 0.6) is 0 Å². The number of amides is 2. The molecule has 0 saturated heterocycles. The molecule has 17 heavy (non-hydrogen) atoms. The first-order valence-electron chi connectivity index (χ1n) is 5.23. The van der Waals surface area contributed by atoms with Gasteiger partial charge in [0.25, 0.3) is 0 Å². The first-order chi connectivity index (χ1) is 7.97. The van der Waals surface area contributed by atoms with Gasteiger partial charge in [0.05, 0.1) is 0 Å². The number of hydrogen-bond acceptors (Lipinski definition) is 4. The summed E-state index contributed by atoms with van der Waals surface area (Å²) in [6.45, 7) is 1.58. The van der Waals surface area contributed by atoms with E-state index in [-0.39, 0.29) is 24.8 Å². The summed E-state index contributed by atoms with van der Waals surface area (Å²) < 4.78 is 0. The monoisotopic (exact) mass is 262 g/mol. The van der Waals surface area contributed by atoms with Crippen molar-refractivity contribution < 1.29 is 19.5 Å². The molecular weight excluding hydrogens is 244 g/mol. The molecular formula is C10H18N2O4S. The number of carboxylic acids is 1. The quantitative estimate of drug-likeness (QED) is 0.564. The molecule has 0 aromatic heterocycles. The molecule has 1 atom stereocenters. The molecule has 0 heterocycles. The molecule has 6 nitrogen and oxygen atoms in total. The highest BCUT2D eigenvalue weighted by atomic mass is 32.2. The van der Waals surface area contributed by atoms with Gasteiger partial charge in [0.1, 0.15) is 6.04 Å². The summed E-state index contributed by atoms with van der Waals surface area (Å²) in [5.74, 6) is -0.947. The van der Waals surface area contributed by atoms with E-state index in [9.17, 15) is 14.4 Å². The fourth-order valence-electron chi connectivity index (χ4n) is 1.11. The van der Waals surface area contributed by atoms with Crippen LogP contribution in [0.4, 0.5) is 0 Å². The van der Waals surface area contributed by atoms with Crippen LogP contribution in [0, 0.1) is 0 Å². The van der Waals surface area contributed by atoms with Crippen LogP contribution in [0.25, 0.3) is 0 Å². The van der Waals surface area contributed by atoms with Gasteiger partial charge in [-0.1, -0.05) is 0 Å². The maximum absolute atomic E-state index is 11.4. The van der Waals surface area contributed by atoms with Crippen LogP contribution in [-0.2, 0) is 14.4 Å². The van der Waals surface area contributed by atoms with Gasteiger partial charge in [0.15, 0.2) is 0 Å². The Morgan fingerprint density at radius 3 is 2.47 bits per heavy atom. The van der Waals surface area contributed by atoms with Gasteiger partial charge in [0.2, 0.25) is 11.8 Å².